The van der Waals surface area contributed by atoms with E-state index in [4.69, 9.17) is 0 Å². The van der Waals surface area contributed by atoms with Crippen molar-refractivity contribution in [3.05, 3.63) is 63.6 Å². The van der Waals surface area contributed by atoms with Crippen LogP contribution in [0, 0.1) is 13.8 Å². The highest BCUT2D eigenvalue weighted by Crippen LogP contribution is 2.28. The third kappa shape index (κ3) is 3.26. The summed E-state index contributed by atoms with van der Waals surface area (Å²) in [6, 6.07) is 12.8. The van der Waals surface area contributed by atoms with Gasteiger partial charge in [0.2, 0.25) is 0 Å². The minimum Gasteiger partial charge on any atom is -0.285 e. The maximum Gasteiger partial charge on any atom is 0.271 e. The minimum absolute atomic E-state index is 0.107. The molecule has 0 spiro atoms. The summed E-state index contributed by atoms with van der Waals surface area (Å²) in [5, 5.41) is 0.787. The molecule has 0 N–H and O–H groups in total. The van der Waals surface area contributed by atoms with E-state index in [0.29, 0.717) is 12.6 Å². The Morgan fingerprint density at radius 2 is 1.88 bits per heavy atom. The number of aryl methyl sites for hydroxylation is 2. The van der Waals surface area contributed by atoms with Gasteiger partial charge in [-0.15, -0.1) is 0 Å². The third-order valence-corrected chi connectivity index (χ3v) is 6.11. The number of nitrogens with zero attached hydrogens (tertiary/aromatic N) is 3. The first-order valence-electron chi connectivity index (χ1n) is 8.87. The largest absolute Gasteiger partial charge is 0.285 e. The monoisotopic (exact) mass is 353 g/mol. The maximum atomic E-state index is 12.7. The van der Waals surface area contributed by atoms with Crippen molar-refractivity contribution in [1.29, 1.82) is 0 Å². The lowest BCUT2D eigenvalue weighted by atomic mass is 9.90. The van der Waals surface area contributed by atoms with Crippen LogP contribution in [0.5, 0.6) is 0 Å². The molecule has 2 aromatic heterocycles. The standard InChI is InChI=1S/C20H23N3OS/c1-14-12-15(2)21-19-18(14)20(24)23(25-19)13-22-10-8-17(9-11-22)16-6-4-3-5-7-16/h3-7,12,17H,8-11,13H2,1-2H3. The van der Waals surface area contributed by atoms with E-state index in [2.05, 4.69) is 40.2 Å². The Morgan fingerprint density at radius 1 is 1.16 bits per heavy atom. The minimum atomic E-state index is 0.107. The first-order chi connectivity index (χ1) is 12.1. The molecular weight excluding hydrogens is 330 g/mol. The van der Waals surface area contributed by atoms with Crippen molar-refractivity contribution in [2.75, 3.05) is 13.1 Å². The van der Waals surface area contributed by atoms with Crippen molar-refractivity contribution >= 4 is 21.7 Å². The van der Waals surface area contributed by atoms with Crippen LogP contribution in [0.25, 0.3) is 10.2 Å². The topological polar surface area (TPSA) is 38.1 Å². The normalized spacial score (nSPS) is 16.6. The van der Waals surface area contributed by atoms with Crippen molar-refractivity contribution < 1.29 is 0 Å². The van der Waals surface area contributed by atoms with Crippen molar-refractivity contribution in [3.8, 4) is 0 Å². The number of piperidine rings is 1. The van der Waals surface area contributed by atoms with E-state index in [-0.39, 0.29) is 5.56 Å². The lowest BCUT2D eigenvalue weighted by Crippen LogP contribution is -2.36. The summed E-state index contributed by atoms with van der Waals surface area (Å²) in [6.07, 6.45) is 2.31. The van der Waals surface area contributed by atoms with E-state index in [9.17, 15) is 4.79 Å². The lowest BCUT2D eigenvalue weighted by Gasteiger charge is -2.31. The highest BCUT2D eigenvalue weighted by atomic mass is 32.1. The van der Waals surface area contributed by atoms with Gasteiger partial charge in [0, 0.05) is 18.8 Å². The molecule has 1 aliphatic heterocycles. The zero-order chi connectivity index (χ0) is 17.4. The van der Waals surface area contributed by atoms with Gasteiger partial charge in [0.1, 0.15) is 4.83 Å². The zero-order valence-corrected chi connectivity index (χ0v) is 15.6. The van der Waals surface area contributed by atoms with Crippen LogP contribution in [0.3, 0.4) is 0 Å². The molecule has 0 aliphatic carbocycles. The number of likely N-dealkylation sites (tertiary alicyclic amines) is 1. The number of rotatable bonds is 3. The van der Waals surface area contributed by atoms with Gasteiger partial charge in [-0.05, 0) is 61.3 Å². The fourth-order valence-corrected chi connectivity index (χ4v) is 4.94. The number of hydrogen-bond acceptors (Lipinski definition) is 4. The van der Waals surface area contributed by atoms with Gasteiger partial charge in [0.15, 0.2) is 0 Å². The highest BCUT2D eigenvalue weighted by molar-refractivity contribution is 7.13. The van der Waals surface area contributed by atoms with Gasteiger partial charge in [-0.25, -0.2) is 8.94 Å². The Morgan fingerprint density at radius 3 is 2.60 bits per heavy atom. The second-order valence-electron chi connectivity index (χ2n) is 6.98. The van der Waals surface area contributed by atoms with E-state index >= 15 is 0 Å². The predicted octanol–water partition coefficient (Wildman–Crippen LogP) is 3.91. The van der Waals surface area contributed by atoms with Crippen LogP contribution in [-0.2, 0) is 6.67 Å². The van der Waals surface area contributed by atoms with Gasteiger partial charge in [-0.3, -0.25) is 9.69 Å². The maximum absolute atomic E-state index is 12.7. The molecule has 3 heterocycles. The van der Waals surface area contributed by atoms with E-state index in [1.807, 2.05) is 23.9 Å². The highest BCUT2D eigenvalue weighted by Gasteiger charge is 2.22. The molecule has 0 bridgehead atoms. The molecule has 0 unspecified atom stereocenters. The van der Waals surface area contributed by atoms with Crippen molar-refractivity contribution in [3.63, 3.8) is 0 Å². The Balaban J connectivity index is 1.49. The summed E-state index contributed by atoms with van der Waals surface area (Å²) in [6.45, 7) is 6.73. The van der Waals surface area contributed by atoms with Crippen LogP contribution in [-0.4, -0.2) is 26.9 Å². The Labute approximate surface area is 151 Å². The van der Waals surface area contributed by atoms with Crippen LogP contribution in [0.15, 0.2) is 41.2 Å². The molecule has 25 heavy (non-hydrogen) atoms. The summed E-state index contributed by atoms with van der Waals surface area (Å²) >= 11 is 1.49. The van der Waals surface area contributed by atoms with Crippen molar-refractivity contribution in [2.24, 2.45) is 0 Å². The molecule has 4 rings (SSSR count). The molecule has 0 atom stereocenters. The number of hydrogen-bond donors (Lipinski definition) is 0. The van der Waals surface area contributed by atoms with E-state index in [0.717, 1.165) is 47.4 Å². The Hall–Kier alpha value is -1.98. The summed E-state index contributed by atoms with van der Waals surface area (Å²) in [4.78, 5) is 20.5. The molecule has 4 nitrogen and oxygen atoms in total. The molecule has 3 aromatic rings. The molecular formula is C20H23N3OS. The third-order valence-electron chi connectivity index (χ3n) is 5.14. The second-order valence-corrected chi connectivity index (χ2v) is 7.99. The Kier molecular flexibility index (Phi) is 4.44. The lowest BCUT2D eigenvalue weighted by molar-refractivity contribution is 0.174. The summed E-state index contributed by atoms with van der Waals surface area (Å²) in [5.74, 6) is 0.642. The quantitative estimate of drug-likeness (QED) is 0.716. The molecule has 0 amide bonds. The smallest absolute Gasteiger partial charge is 0.271 e. The van der Waals surface area contributed by atoms with Gasteiger partial charge in [-0.2, -0.15) is 0 Å². The summed E-state index contributed by atoms with van der Waals surface area (Å²) < 4.78 is 1.87. The van der Waals surface area contributed by atoms with Crippen LogP contribution in [0.2, 0.25) is 0 Å². The van der Waals surface area contributed by atoms with Crippen LogP contribution in [0.1, 0.15) is 35.6 Å². The molecule has 5 heteroatoms. The number of aromatic nitrogens is 2. The van der Waals surface area contributed by atoms with Gasteiger partial charge in [0.05, 0.1) is 12.1 Å². The van der Waals surface area contributed by atoms with E-state index in [1.165, 1.54) is 17.1 Å². The number of benzene rings is 1. The summed E-state index contributed by atoms with van der Waals surface area (Å²) in [7, 11) is 0. The first-order valence-corrected chi connectivity index (χ1v) is 9.64. The molecule has 1 aliphatic rings. The van der Waals surface area contributed by atoms with Crippen LogP contribution < -0.4 is 5.56 Å². The number of pyridine rings is 1. The van der Waals surface area contributed by atoms with E-state index in [1.54, 1.807) is 0 Å². The molecule has 0 saturated carbocycles. The fraction of sp³-hybridized carbons (Fsp3) is 0.400. The number of fused-ring (bicyclic) bond motifs is 1. The molecule has 0 radical (unpaired) electrons. The van der Waals surface area contributed by atoms with Gasteiger partial charge in [-0.1, -0.05) is 30.3 Å². The van der Waals surface area contributed by atoms with Gasteiger partial charge < -0.3 is 0 Å². The van der Waals surface area contributed by atoms with Gasteiger partial charge >= 0.3 is 0 Å². The average Bonchev–Trinajstić information content (AvgIpc) is 2.92. The van der Waals surface area contributed by atoms with E-state index < -0.39 is 0 Å². The zero-order valence-electron chi connectivity index (χ0n) is 14.7. The van der Waals surface area contributed by atoms with Crippen molar-refractivity contribution in [1.82, 2.24) is 13.8 Å². The average molecular weight is 353 g/mol. The Bertz CT molecular complexity index is 937. The van der Waals surface area contributed by atoms with Gasteiger partial charge in [0.25, 0.3) is 5.56 Å². The molecule has 1 aromatic carbocycles. The second kappa shape index (κ2) is 6.73. The van der Waals surface area contributed by atoms with Crippen LogP contribution in [0.4, 0.5) is 0 Å². The molecule has 1 fully saturated rings. The molecule has 1 saturated heterocycles. The molecule has 130 valence electrons. The SMILES string of the molecule is Cc1cc(C)c2c(=O)n(CN3CCC(c4ccccc4)CC3)sc2n1. The fourth-order valence-electron chi connectivity index (χ4n) is 3.81. The van der Waals surface area contributed by atoms with Crippen molar-refractivity contribution in [2.45, 2.75) is 39.3 Å². The van der Waals surface area contributed by atoms with Crippen LogP contribution >= 0.6 is 11.5 Å². The summed E-state index contributed by atoms with van der Waals surface area (Å²) in [5.41, 5.74) is 3.55. The first kappa shape index (κ1) is 16.5. The predicted molar refractivity (Wildman–Crippen MR) is 103 cm³/mol.